The highest BCUT2D eigenvalue weighted by atomic mass is 32.2. The van der Waals surface area contributed by atoms with Gasteiger partial charge in [0.05, 0.1) is 11.3 Å². The topological polar surface area (TPSA) is 69.3 Å². The van der Waals surface area contributed by atoms with Gasteiger partial charge in [-0.2, -0.15) is 16.4 Å². The van der Waals surface area contributed by atoms with Crippen molar-refractivity contribution in [3.05, 3.63) is 40.7 Å². The van der Waals surface area contributed by atoms with Crippen molar-refractivity contribution in [1.29, 1.82) is 0 Å². The Morgan fingerprint density at radius 3 is 2.69 bits per heavy atom. The smallest absolute Gasteiger partial charge is 0.214 e. The number of nitrogens with zero attached hydrogens (tertiary/aromatic N) is 3. The number of benzene rings is 1. The number of aromatic amines is 1. The van der Waals surface area contributed by atoms with E-state index in [-0.39, 0.29) is 5.75 Å². The Hall–Kier alpha value is -1.74. The molecule has 3 aromatic rings. The molecule has 0 spiro atoms. The molecular weight excluding hydrogens is 404 g/mol. The molecule has 0 amide bonds. The highest BCUT2D eigenvalue weighted by Gasteiger charge is 2.29. The summed E-state index contributed by atoms with van der Waals surface area (Å²) in [7, 11) is 0.770. The van der Waals surface area contributed by atoms with Crippen LogP contribution in [0.1, 0.15) is 30.9 Å². The number of piperidine rings is 1. The third-order valence-electron chi connectivity index (χ3n) is 5.70. The lowest BCUT2D eigenvalue weighted by atomic mass is 9.92. The van der Waals surface area contributed by atoms with Crippen LogP contribution in [0.15, 0.2) is 35.0 Å². The molecule has 1 aliphatic rings. The van der Waals surface area contributed by atoms with E-state index in [2.05, 4.69) is 45.2 Å². The zero-order valence-corrected chi connectivity index (χ0v) is 18.6. The quantitative estimate of drug-likeness (QED) is 0.617. The zero-order valence-electron chi connectivity index (χ0n) is 17.0. The number of nitrogens with one attached hydrogen (secondary N) is 1. The summed E-state index contributed by atoms with van der Waals surface area (Å²) >= 11 is 1.70. The summed E-state index contributed by atoms with van der Waals surface area (Å²) < 4.78 is 26.9. The number of thiophene rings is 1. The second-order valence-electron chi connectivity index (χ2n) is 8.03. The molecule has 0 radical (unpaired) electrons. The second-order valence-corrected chi connectivity index (χ2v) is 10.9. The Morgan fingerprint density at radius 2 is 2.00 bits per heavy atom. The van der Waals surface area contributed by atoms with E-state index in [1.54, 1.807) is 15.6 Å². The summed E-state index contributed by atoms with van der Waals surface area (Å²) in [5.74, 6) is 0.540. The molecule has 1 saturated heterocycles. The van der Waals surface area contributed by atoms with Crippen molar-refractivity contribution in [2.24, 2.45) is 0 Å². The first-order valence-electron chi connectivity index (χ1n) is 10.1. The molecule has 1 fully saturated rings. The van der Waals surface area contributed by atoms with Crippen molar-refractivity contribution in [1.82, 2.24) is 19.4 Å². The first kappa shape index (κ1) is 20.5. The third-order valence-corrected chi connectivity index (χ3v) is 8.34. The minimum absolute atomic E-state index is 0.229. The average Bonchev–Trinajstić information content (AvgIpc) is 3.37. The summed E-state index contributed by atoms with van der Waals surface area (Å²) in [5.41, 5.74) is 4.53. The summed E-state index contributed by atoms with van der Waals surface area (Å²) in [6.07, 6.45) is 2.32. The lowest BCUT2D eigenvalue weighted by Crippen LogP contribution is -2.39. The molecule has 0 bridgehead atoms. The summed E-state index contributed by atoms with van der Waals surface area (Å²) in [4.78, 5) is 2.02. The molecule has 2 aromatic heterocycles. The van der Waals surface area contributed by atoms with Crippen molar-refractivity contribution in [3.63, 3.8) is 0 Å². The molecule has 1 aromatic carbocycles. The van der Waals surface area contributed by atoms with Gasteiger partial charge in [0.1, 0.15) is 0 Å². The molecule has 3 heterocycles. The van der Waals surface area contributed by atoms with Gasteiger partial charge in [0.15, 0.2) is 0 Å². The number of rotatable bonds is 7. The lowest BCUT2D eigenvalue weighted by Gasteiger charge is -2.31. The monoisotopic (exact) mass is 432 g/mol. The van der Waals surface area contributed by atoms with E-state index in [0.717, 1.165) is 36.0 Å². The molecule has 0 atom stereocenters. The predicted molar refractivity (Wildman–Crippen MR) is 120 cm³/mol. The maximum Gasteiger partial charge on any atom is 0.214 e. The van der Waals surface area contributed by atoms with Crippen molar-refractivity contribution >= 4 is 32.3 Å². The number of sulfonamides is 1. The first-order valence-corrected chi connectivity index (χ1v) is 12.6. The van der Waals surface area contributed by atoms with Crippen molar-refractivity contribution in [3.8, 4) is 11.1 Å². The van der Waals surface area contributed by atoms with Crippen LogP contribution in [0, 0.1) is 0 Å². The fraction of sp³-hybridized carbons (Fsp3) is 0.476. The van der Waals surface area contributed by atoms with Crippen molar-refractivity contribution in [2.75, 3.05) is 39.5 Å². The Morgan fingerprint density at radius 1 is 1.21 bits per heavy atom. The van der Waals surface area contributed by atoms with Crippen LogP contribution in [0.5, 0.6) is 0 Å². The highest BCUT2D eigenvalue weighted by Crippen LogP contribution is 2.34. The highest BCUT2D eigenvalue weighted by molar-refractivity contribution is 7.89. The van der Waals surface area contributed by atoms with Crippen LogP contribution >= 0.6 is 11.3 Å². The average molecular weight is 433 g/mol. The van der Waals surface area contributed by atoms with E-state index in [1.165, 1.54) is 11.1 Å². The van der Waals surface area contributed by atoms with Crippen LogP contribution in [-0.4, -0.2) is 67.3 Å². The standard InChI is InChI=1S/C21H28N4O2S2/c1-24(2)9-3-13-29(26,27)25-10-6-16(7-11-25)21-19-14-17(18-8-12-28-15-18)4-5-20(19)22-23-21/h4-5,8,12,14-16H,3,6-7,9-11,13H2,1-2H3,(H,22,23). The predicted octanol–water partition coefficient (Wildman–Crippen LogP) is 3.75. The number of aromatic nitrogens is 2. The van der Waals surface area contributed by atoms with Crippen LogP contribution in [0.3, 0.4) is 0 Å². The maximum absolute atomic E-state index is 12.6. The van der Waals surface area contributed by atoms with E-state index in [1.807, 2.05) is 19.0 Å². The van der Waals surface area contributed by atoms with Gasteiger partial charge in [-0.25, -0.2) is 12.7 Å². The number of H-pyrrole nitrogens is 1. The minimum atomic E-state index is -3.17. The third kappa shape index (κ3) is 4.55. The Balaban J connectivity index is 1.46. The Labute approximate surface area is 176 Å². The van der Waals surface area contributed by atoms with E-state index in [9.17, 15) is 8.42 Å². The molecule has 29 heavy (non-hydrogen) atoms. The van der Waals surface area contributed by atoms with Crippen LogP contribution in [0.25, 0.3) is 22.0 Å². The van der Waals surface area contributed by atoms with Gasteiger partial charge in [-0.15, -0.1) is 0 Å². The van der Waals surface area contributed by atoms with Crippen LogP contribution < -0.4 is 0 Å². The molecule has 4 rings (SSSR count). The fourth-order valence-corrected chi connectivity index (χ4v) is 6.25. The van der Waals surface area contributed by atoms with E-state index in [0.29, 0.717) is 25.4 Å². The Bertz CT molecular complexity index is 1050. The van der Waals surface area contributed by atoms with Crippen LogP contribution in [0.2, 0.25) is 0 Å². The molecular formula is C21H28N4O2S2. The minimum Gasteiger partial charge on any atom is -0.309 e. The lowest BCUT2D eigenvalue weighted by molar-refractivity contribution is 0.316. The molecule has 0 saturated carbocycles. The van der Waals surface area contributed by atoms with Gasteiger partial charge in [-0.1, -0.05) is 6.07 Å². The molecule has 1 N–H and O–H groups in total. The number of fused-ring (bicyclic) bond motifs is 1. The molecule has 156 valence electrons. The van der Waals surface area contributed by atoms with E-state index in [4.69, 9.17) is 0 Å². The fourth-order valence-electron chi connectivity index (χ4n) is 4.06. The van der Waals surface area contributed by atoms with Gasteiger partial charge >= 0.3 is 0 Å². The molecule has 6 nitrogen and oxygen atoms in total. The molecule has 1 aliphatic heterocycles. The van der Waals surface area contributed by atoms with Crippen molar-refractivity contribution < 1.29 is 8.42 Å². The number of hydrogen-bond donors (Lipinski definition) is 1. The van der Waals surface area contributed by atoms with Gasteiger partial charge in [0, 0.05) is 30.1 Å². The van der Waals surface area contributed by atoms with Crippen LogP contribution in [0.4, 0.5) is 0 Å². The number of hydrogen-bond acceptors (Lipinski definition) is 5. The van der Waals surface area contributed by atoms with Crippen molar-refractivity contribution in [2.45, 2.75) is 25.2 Å². The maximum atomic E-state index is 12.6. The Kier molecular flexibility index (Phi) is 6.06. The second kappa shape index (κ2) is 8.55. The van der Waals surface area contributed by atoms with Gasteiger partial charge in [-0.3, -0.25) is 5.10 Å². The zero-order chi connectivity index (χ0) is 20.4. The molecule has 0 unspecified atom stereocenters. The van der Waals surface area contributed by atoms with Gasteiger partial charge in [0.2, 0.25) is 10.0 Å². The SMILES string of the molecule is CN(C)CCCS(=O)(=O)N1CCC(c2[nH]nc3ccc(-c4ccsc4)cc23)CC1. The summed E-state index contributed by atoms with van der Waals surface area (Å²) in [6.45, 7) is 1.96. The first-order chi connectivity index (χ1) is 13.9. The van der Waals surface area contributed by atoms with Gasteiger partial charge in [0.25, 0.3) is 0 Å². The van der Waals surface area contributed by atoms with Gasteiger partial charge < -0.3 is 4.90 Å². The van der Waals surface area contributed by atoms with E-state index >= 15 is 0 Å². The van der Waals surface area contributed by atoms with Gasteiger partial charge in [-0.05, 0) is 80.0 Å². The molecule has 0 aliphatic carbocycles. The summed E-state index contributed by atoms with van der Waals surface area (Å²) in [6, 6.07) is 8.51. The van der Waals surface area contributed by atoms with E-state index < -0.39 is 10.0 Å². The molecule has 8 heteroatoms. The van der Waals surface area contributed by atoms with Crippen LogP contribution in [-0.2, 0) is 10.0 Å². The normalized spacial score (nSPS) is 16.8. The summed E-state index contributed by atoms with van der Waals surface area (Å²) in [5, 5.41) is 13.1. The largest absolute Gasteiger partial charge is 0.309 e.